The van der Waals surface area contributed by atoms with E-state index < -0.39 is 28.5 Å². The minimum absolute atomic E-state index is 0.0289. The predicted octanol–water partition coefficient (Wildman–Crippen LogP) is 5.23. The molecule has 1 unspecified atom stereocenters. The highest BCUT2D eigenvalue weighted by Crippen LogP contribution is 2.26. The molecule has 9 heteroatoms. The second kappa shape index (κ2) is 14.7. The van der Waals surface area contributed by atoms with Crippen molar-refractivity contribution in [2.75, 3.05) is 24.5 Å². The first-order valence-electron chi connectivity index (χ1n) is 14.0. The van der Waals surface area contributed by atoms with E-state index in [1.54, 1.807) is 36.4 Å². The Labute approximate surface area is 244 Å². The van der Waals surface area contributed by atoms with Crippen molar-refractivity contribution in [3.8, 4) is 5.75 Å². The van der Waals surface area contributed by atoms with Crippen LogP contribution >= 0.6 is 0 Å². The van der Waals surface area contributed by atoms with E-state index in [2.05, 4.69) is 5.32 Å². The van der Waals surface area contributed by atoms with E-state index in [1.807, 2.05) is 52.0 Å². The number of nitrogens with one attached hydrogen (secondary N) is 1. The van der Waals surface area contributed by atoms with Crippen LogP contribution in [0.1, 0.15) is 49.8 Å². The lowest BCUT2D eigenvalue weighted by molar-refractivity contribution is -0.140. The highest BCUT2D eigenvalue weighted by Gasteiger charge is 2.33. The Morgan fingerprint density at radius 2 is 1.61 bits per heavy atom. The molecule has 8 nitrogen and oxygen atoms in total. The highest BCUT2D eigenvalue weighted by atomic mass is 32.2. The lowest BCUT2D eigenvalue weighted by Gasteiger charge is -2.33. The summed E-state index contributed by atoms with van der Waals surface area (Å²) in [7, 11) is -2.63. The van der Waals surface area contributed by atoms with Crippen molar-refractivity contribution in [3.05, 3.63) is 89.5 Å². The number of benzene rings is 3. The summed E-state index contributed by atoms with van der Waals surface area (Å²) in [4.78, 5) is 28.9. The third kappa shape index (κ3) is 8.33. The zero-order valence-corrected chi connectivity index (χ0v) is 25.4. The van der Waals surface area contributed by atoms with Crippen LogP contribution in [0.5, 0.6) is 5.75 Å². The summed E-state index contributed by atoms with van der Waals surface area (Å²) < 4.78 is 34.2. The van der Waals surface area contributed by atoms with Crippen molar-refractivity contribution in [2.45, 2.75) is 64.4 Å². The standard InChI is InChI=1S/C32H41N3O5S/c1-6-8-20-33-32(37)30(7-2)34(22-26-11-9-10-25(4)21-26)31(36)23-35(27-14-12-24(3)13-15-27)41(38,39)29-18-16-28(40-5)17-19-29/h9-19,21,30H,6-8,20,22-23H2,1-5H3,(H,33,37). The summed E-state index contributed by atoms with van der Waals surface area (Å²) in [6, 6.07) is 20.0. The molecule has 2 amide bonds. The van der Waals surface area contributed by atoms with Crippen molar-refractivity contribution in [1.29, 1.82) is 0 Å². The van der Waals surface area contributed by atoms with E-state index in [0.717, 1.165) is 33.8 Å². The largest absolute Gasteiger partial charge is 0.497 e. The highest BCUT2D eigenvalue weighted by molar-refractivity contribution is 7.92. The Morgan fingerprint density at radius 1 is 0.927 bits per heavy atom. The van der Waals surface area contributed by atoms with Gasteiger partial charge in [-0.3, -0.25) is 13.9 Å². The number of carbonyl (C=O) groups excluding carboxylic acids is 2. The number of rotatable bonds is 14. The summed E-state index contributed by atoms with van der Waals surface area (Å²) in [5, 5.41) is 2.95. The maximum atomic E-state index is 14.1. The fourth-order valence-electron chi connectivity index (χ4n) is 4.55. The van der Waals surface area contributed by atoms with Crippen LogP contribution in [0, 0.1) is 13.8 Å². The van der Waals surface area contributed by atoms with Crippen LogP contribution in [0.15, 0.2) is 77.7 Å². The number of amides is 2. The van der Waals surface area contributed by atoms with Gasteiger partial charge in [0.15, 0.2) is 0 Å². The van der Waals surface area contributed by atoms with Crippen molar-refractivity contribution in [3.63, 3.8) is 0 Å². The van der Waals surface area contributed by atoms with Crippen molar-refractivity contribution in [1.82, 2.24) is 10.2 Å². The summed E-state index contributed by atoms with van der Waals surface area (Å²) in [6.45, 7) is 7.98. The van der Waals surface area contributed by atoms with Gasteiger partial charge in [-0.15, -0.1) is 0 Å². The number of nitrogens with zero attached hydrogens (tertiary/aromatic N) is 2. The number of hydrogen-bond acceptors (Lipinski definition) is 5. The maximum absolute atomic E-state index is 14.1. The van der Waals surface area contributed by atoms with Crippen LogP contribution in [0.2, 0.25) is 0 Å². The molecule has 1 N–H and O–H groups in total. The van der Waals surface area contributed by atoms with Crippen LogP contribution in [0.3, 0.4) is 0 Å². The van der Waals surface area contributed by atoms with Gasteiger partial charge in [-0.25, -0.2) is 8.42 Å². The first-order chi connectivity index (χ1) is 19.6. The molecule has 0 fully saturated rings. The summed E-state index contributed by atoms with van der Waals surface area (Å²) in [5.74, 6) is -0.199. The molecule has 220 valence electrons. The Kier molecular flexibility index (Phi) is 11.3. The van der Waals surface area contributed by atoms with Gasteiger partial charge in [0.25, 0.3) is 10.0 Å². The number of sulfonamides is 1. The maximum Gasteiger partial charge on any atom is 0.264 e. The van der Waals surface area contributed by atoms with Gasteiger partial charge < -0.3 is 15.0 Å². The van der Waals surface area contributed by atoms with Gasteiger partial charge in [0.2, 0.25) is 11.8 Å². The van der Waals surface area contributed by atoms with Crippen LogP contribution in [0.4, 0.5) is 5.69 Å². The van der Waals surface area contributed by atoms with Crippen LogP contribution in [0.25, 0.3) is 0 Å². The molecule has 0 aromatic heterocycles. The molecular formula is C32H41N3O5S. The minimum atomic E-state index is -4.14. The fourth-order valence-corrected chi connectivity index (χ4v) is 5.96. The zero-order valence-electron chi connectivity index (χ0n) is 24.6. The van der Waals surface area contributed by atoms with Gasteiger partial charge in [-0.05, 0) is 68.7 Å². The number of aryl methyl sites for hydroxylation is 2. The van der Waals surface area contributed by atoms with E-state index in [-0.39, 0.29) is 17.3 Å². The second-order valence-electron chi connectivity index (χ2n) is 10.1. The molecule has 0 heterocycles. The number of unbranched alkanes of at least 4 members (excludes halogenated alkanes) is 1. The number of methoxy groups -OCH3 is 1. The lowest BCUT2D eigenvalue weighted by atomic mass is 10.1. The van der Waals surface area contributed by atoms with Gasteiger partial charge in [-0.2, -0.15) is 0 Å². The Hall–Kier alpha value is -3.85. The summed E-state index contributed by atoms with van der Waals surface area (Å²) in [6.07, 6.45) is 2.14. The van der Waals surface area contributed by atoms with Crippen LogP contribution in [-0.4, -0.2) is 51.4 Å². The molecule has 3 aromatic carbocycles. The number of hydrogen-bond donors (Lipinski definition) is 1. The van der Waals surface area contributed by atoms with Crippen LogP contribution < -0.4 is 14.4 Å². The quantitative estimate of drug-likeness (QED) is 0.264. The van der Waals surface area contributed by atoms with E-state index in [1.165, 1.54) is 24.1 Å². The average Bonchev–Trinajstić information content (AvgIpc) is 2.96. The third-order valence-corrected chi connectivity index (χ3v) is 8.69. The van der Waals surface area contributed by atoms with Crippen molar-refractivity contribution < 1.29 is 22.7 Å². The lowest BCUT2D eigenvalue weighted by Crippen LogP contribution is -2.52. The van der Waals surface area contributed by atoms with Gasteiger partial charge in [0.05, 0.1) is 17.7 Å². The number of anilines is 1. The monoisotopic (exact) mass is 579 g/mol. The molecule has 3 aromatic rings. The van der Waals surface area contributed by atoms with E-state index in [0.29, 0.717) is 24.4 Å². The van der Waals surface area contributed by atoms with Gasteiger partial charge >= 0.3 is 0 Å². The van der Waals surface area contributed by atoms with Crippen LogP contribution in [-0.2, 0) is 26.2 Å². The van der Waals surface area contributed by atoms with Crippen molar-refractivity contribution >= 4 is 27.5 Å². The smallest absolute Gasteiger partial charge is 0.264 e. The van der Waals surface area contributed by atoms with Gasteiger partial charge in [0.1, 0.15) is 18.3 Å². The summed E-state index contributed by atoms with van der Waals surface area (Å²) in [5.41, 5.74) is 3.20. The molecule has 0 saturated heterocycles. The topological polar surface area (TPSA) is 96.0 Å². The first kappa shape index (κ1) is 31.7. The normalized spacial score (nSPS) is 11.9. The molecule has 0 aliphatic rings. The molecule has 1 atom stereocenters. The molecule has 0 aliphatic carbocycles. The molecular weight excluding hydrogens is 538 g/mol. The number of carbonyl (C=O) groups is 2. The SMILES string of the molecule is CCCCNC(=O)C(CC)N(Cc1cccc(C)c1)C(=O)CN(c1ccc(C)cc1)S(=O)(=O)c1ccc(OC)cc1. The van der Waals surface area contributed by atoms with E-state index in [9.17, 15) is 18.0 Å². The Bertz CT molecular complexity index is 1410. The first-order valence-corrected chi connectivity index (χ1v) is 15.4. The fraction of sp³-hybridized carbons (Fsp3) is 0.375. The average molecular weight is 580 g/mol. The van der Waals surface area contributed by atoms with Gasteiger partial charge in [0, 0.05) is 13.1 Å². The number of ether oxygens (including phenoxy) is 1. The minimum Gasteiger partial charge on any atom is -0.497 e. The molecule has 0 radical (unpaired) electrons. The van der Waals surface area contributed by atoms with Gasteiger partial charge in [-0.1, -0.05) is 67.8 Å². The molecule has 41 heavy (non-hydrogen) atoms. The van der Waals surface area contributed by atoms with E-state index in [4.69, 9.17) is 4.74 Å². The molecule has 0 saturated carbocycles. The molecule has 0 aliphatic heterocycles. The Balaban J connectivity index is 2.03. The third-order valence-electron chi connectivity index (χ3n) is 6.90. The predicted molar refractivity (Wildman–Crippen MR) is 162 cm³/mol. The summed E-state index contributed by atoms with van der Waals surface area (Å²) >= 11 is 0. The molecule has 0 spiro atoms. The van der Waals surface area contributed by atoms with Crippen molar-refractivity contribution in [2.24, 2.45) is 0 Å². The molecule has 0 bridgehead atoms. The van der Waals surface area contributed by atoms with E-state index >= 15 is 0 Å². The Morgan fingerprint density at radius 3 is 2.20 bits per heavy atom. The molecule has 3 rings (SSSR count). The second-order valence-corrected chi connectivity index (χ2v) is 12.0. The zero-order chi connectivity index (χ0) is 30.0.